The summed E-state index contributed by atoms with van der Waals surface area (Å²) in [7, 11) is 1.80. The van der Waals surface area contributed by atoms with Crippen LogP contribution in [0.3, 0.4) is 0 Å². The Balaban J connectivity index is 1.91. The van der Waals surface area contributed by atoms with Crippen LogP contribution in [0.4, 0.5) is 0 Å². The fraction of sp³-hybridized carbons (Fsp3) is 0.211. The Hall–Kier alpha value is -2.95. The van der Waals surface area contributed by atoms with Crippen LogP contribution in [-0.2, 0) is 0 Å². The van der Waals surface area contributed by atoms with Gasteiger partial charge in [0.05, 0.1) is 12.2 Å². The molecule has 3 rings (SSSR count). The molecule has 122 valence electrons. The van der Waals surface area contributed by atoms with Gasteiger partial charge in [0, 0.05) is 25.0 Å². The summed E-state index contributed by atoms with van der Waals surface area (Å²) in [6.07, 6.45) is 5.80. The second-order valence-corrected chi connectivity index (χ2v) is 5.56. The molecule has 3 aromatic rings. The van der Waals surface area contributed by atoms with Gasteiger partial charge in [-0.15, -0.1) is 0 Å². The molecule has 0 aliphatic rings. The molecule has 0 aliphatic heterocycles. The fourth-order valence-electron chi connectivity index (χ4n) is 2.83. The Kier molecular flexibility index (Phi) is 4.70. The van der Waals surface area contributed by atoms with Gasteiger partial charge in [0.1, 0.15) is 5.56 Å². The Morgan fingerprint density at radius 2 is 1.96 bits per heavy atom. The van der Waals surface area contributed by atoms with Crippen molar-refractivity contribution in [1.82, 2.24) is 15.0 Å². The van der Waals surface area contributed by atoms with Crippen molar-refractivity contribution in [2.75, 3.05) is 7.05 Å². The summed E-state index contributed by atoms with van der Waals surface area (Å²) < 4.78 is 5.33. The van der Waals surface area contributed by atoms with Crippen LogP contribution in [0.1, 0.15) is 35.3 Å². The molecule has 0 N–H and O–H groups in total. The van der Waals surface area contributed by atoms with Crippen molar-refractivity contribution in [2.24, 2.45) is 0 Å². The van der Waals surface area contributed by atoms with Crippen LogP contribution >= 0.6 is 0 Å². The van der Waals surface area contributed by atoms with E-state index < -0.39 is 0 Å². The van der Waals surface area contributed by atoms with E-state index in [-0.39, 0.29) is 11.9 Å². The third kappa shape index (κ3) is 3.06. The molecule has 0 spiro atoms. The van der Waals surface area contributed by atoms with E-state index in [1.165, 1.54) is 6.20 Å². The number of nitrogens with zero attached hydrogens (tertiary/aromatic N) is 3. The maximum absolute atomic E-state index is 13.0. The molecule has 1 aromatic carbocycles. The number of hydrogen-bond acceptors (Lipinski definition) is 4. The molecule has 1 amide bonds. The Labute approximate surface area is 140 Å². The minimum Gasteiger partial charge on any atom is -0.355 e. The van der Waals surface area contributed by atoms with Gasteiger partial charge in [-0.1, -0.05) is 48.5 Å². The number of hydrogen-bond donors (Lipinski definition) is 0. The van der Waals surface area contributed by atoms with Crippen LogP contribution in [0.5, 0.6) is 0 Å². The van der Waals surface area contributed by atoms with Gasteiger partial charge in [-0.05, 0) is 18.1 Å². The highest BCUT2D eigenvalue weighted by molar-refractivity contribution is 5.99. The zero-order chi connectivity index (χ0) is 16.9. The number of carbonyl (C=O) groups is 1. The van der Waals surface area contributed by atoms with Crippen molar-refractivity contribution < 1.29 is 9.32 Å². The van der Waals surface area contributed by atoms with Gasteiger partial charge >= 0.3 is 0 Å². The smallest absolute Gasteiger partial charge is 0.259 e. The van der Waals surface area contributed by atoms with Crippen LogP contribution < -0.4 is 0 Å². The summed E-state index contributed by atoms with van der Waals surface area (Å²) in [6.45, 7) is 2.05. The number of benzene rings is 1. The quantitative estimate of drug-likeness (QED) is 0.713. The summed E-state index contributed by atoms with van der Waals surface area (Å²) in [5.41, 5.74) is 2.31. The van der Waals surface area contributed by atoms with Gasteiger partial charge in [0.2, 0.25) is 0 Å². The Morgan fingerprint density at radius 1 is 1.17 bits per heavy atom. The molecule has 5 heteroatoms. The van der Waals surface area contributed by atoms with Crippen LogP contribution in [0.25, 0.3) is 11.3 Å². The average molecular weight is 321 g/mol. The first-order valence-corrected chi connectivity index (χ1v) is 7.89. The molecule has 24 heavy (non-hydrogen) atoms. The number of carbonyl (C=O) groups excluding carboxylic acids is 1. The molecular formula is C19H19N3O2. The molecule has 2 heterocycles. The zero-order valence-electron chi connectivity index (χ0n) is 13.7. The van der Waals surface area contributed by atoms with Crippen molar-refractivity contribution in [3.8, 4) is 11.3 Å². The summed E-state index contributed by atoms with van der Waals surface area (Å²) >= 11 is 0. The lowest BCUT2D eigenvalue weighted by molar-refractivity contribution is 0.0726. The average Bonchev–Trinajstić information content (AvgIpc) is 3.13. The molecule has 0 fully saturated rings. The molecule has 2 aromatic heterocycles. The highest BCUT2D eigenvalue weighted by Crippen LogP contribution is 2.28. The lowest BCUT2D eigenvalue weighted by Crippen LogP contribution is -2.31. The molecule has 0 saturated heterocycles. The zero-order valence-corrected chi connectivity index (χ0v) is 13.7. The topological polar surface area (TPSA) is 59.2 Å². The number of rotatable bonds is 5. The van der Waals surface area contributed by atoms with Crippen molar-refractivity contribution in [1.29, 1.82) is 0 Å². The summed E-state index contributed by atoms with van der Waals surface area (Å²) in [5.74, 6) is 0.374. The predicted octanol–water partition coefficient (Wildman–Crippen LogP) is 3.96. The Bertz CT molecular complexity index is 800. The normalized spacial score (nSPS) is 11.9. The fourth-order valence-corrected chi connectivity index (χ4v) is 2.83. The van der Waals surface area contributed by atoms with E-state index in [2.05, 4.69) is 10.1 Å². The van der Waals surface area contributed by atoms with E-state index in [9.17, 15) is 4.79 Å². The number of aromatic nitrogens is 2. The third-order valence-electron chi connectivity index (χ3n) is 4.08. The van der Waals surface area contributed by atoms with Gasteiger partial charge in [-0.2, -0.15) is 0 Å². The monoisotopic (exact) mass is 321 g/mol. The maximum Gasteiger partial charge on any atom is 0.259 e. The van der Waals surface area contributed by atoms with Gasteiger partial charge in [-0.25, -0.2) is 0 Å². The molecule has 0 aliphatic carbocycles. The molecule has 0 unspecified atom stereocenters. The van der Waals surface area contributed by atoms with Gasteiger partial charge in [-0.3, -0.25) is 9.78 Å². The Morgan fingerprint density at radius 3 is 2.62 bits per heavy atom. The highest BCUT2D eigenvalue weighted by atomic mass is 16.5. The number of pyridine rings is 1. The first kappa shape index (κ1) is 15.9. The molecule has 1 atom stereocenters. The second-order valence-electron chi connectivity index (χ2n) is 5.56. The van der Waals surface area contributed by atoms with Crippen LogP contribution in [-0.4, -0.2) is 28.0 Å². The minimum atomic E-state index is -0.120. The van der Waals surface area contributed by atoms with Crippen LogP contribution in [0.2, 0.25) is 0 Å². The maximum atomic E-state index is 13.0. The van der Waals surface area contributed by atoms with E-state index in [1.807, 2.05) is 49.4 Å². The number of amides is 1. The predicted molar refractivity (Wildman–Crippen MR) is 91.3 cm³/mol. The van der Waals surface area contributed by atoms with Crippen molar-refractivity contribution in [2.45, 2.75) is 19.4 Å². The first-order valence-electron chi connectivity index (χ1n) is 7.89. The lowest BCUT2D eigenvalue weighted by atomic mass is 10.0. The summed E-state index contributed by atoms with van der Waals surface area (Å²) in [4.78, 5) is 18.9. The van der Waals surface area contributed by atoms with E-state index >= 15 is 0 Å². The molecule has 0 saturated carbocycles. The molecule has 5 nitrogen and oxygen atoms in total. The van der Waals surface area contributed by atoms with E-state index in [0.717, 1.165) is 17.5 Å². The molecule has 0 bridgehead atoms. The molecule has 0 radical (unpaired) electrons. The van der Waals surface area contributed by atoms with Crippen molar-refractivity contribution >= 4 is 5.91 Å². The summed E-state index contributed by atoms with van der Waals surface area (Å²) in [5, 5.41) is 3.83. The van der Waals surface area contributed by atoms with Gasteiger partial charge in [0.25, 0.3) is 5.91 Å². The van der Waals surface area contributed by atoms with Crippen LogP contribution in [0.15, 0.2) is 65.6 Å². The lowest BCUT2D eigenvalue weighted by Gasteiger charge is -2.27. The van der Waals surface area contributed by atoms with Crippen LogP contribution in [0, 0.1) is 0 Å². The van der Waals surface area contributed by atoms with Crippen molar-refractivity contribution in [3.63, 3.8) is 0 Å². The van der Waals surface area contributed by atoms with Crippen molar-refractivity contribution in [3.05, 3.63) is 72.2 Å². The van der Waals surface area contributed by atoms with Gasteiger partial charge < -0.3 is 9.42 Å². The third-order valence-corrected chi connectivity index (χ3v) is 4.08. The van der Waals surface area contributed by atoms with Gasteiger partial charge in [0.15, 0.2) is 5.76 Å². The second kappa shape index (κ2) is 7.08. The summed E-state index contributed by atoms with van der Waals surface area (Å²) in [6, 6.07) is 13.3. The first-order chi connectivity index (χ1) is 11.7. The minimum absolute atomic E-state index is 0.0512. The standard InChI is InChI=1S/C19H19N3O2/c1-3-17(15-10-7-11-20-12-15)22(2)19(23)16-13-21-24-18(16)14-8-5-4-6-9-14/h4-13,17H,3H2,1-2H3/t17-/m0/s1. The highest BCUT2D eigenvalue weighted by Gasteiger charge is 2.26. The van der Waals surface area contributed by atoms with E-state index in [0.29, 0.717) is 11.3 Å². The SMILES string of the molecule is CC[C@@H](c1cccnc1)N(C)C(=O)c1cnoc1-c1ccccc1. The van der Waals surface area contributed by atoms with E-state index in [1.54, 1.807) is 24.3 Å². The van der Waals surface area contributed by atoms with E-state index in [4.69, 9.17) is 4.52 Å². The molecular weight excluding hydrogens is 302 g/mol. The largest absolute Gasteiger partial charge is 0.355 e.